The van der Waals surface area contributed by atoms with E-state index in [1.165, 1.54) is 11.8 Å². The van der Waals surface area contributed by atoms with E-state index >= 15 is 0 Å². The molecule has 1 heterocycles. The summed E-state index contributed by atoms with van der Waals surface area (Å²) in [5, 5.41) is 0.716. The van der Waals surface area contributed by atoms with Crippen LogP contribution in [0.5, 0.6) is 0 Å². The Morgan fingerprint density at radius 3 is 2.58 bits per heavy atom. The van der Waals surface area contributed by atoms with Crippen LogP contribution in [0.1, 0.15) is 11.1 Å². The van der Waals surface area contributed by atoms with Crippen molar-refractivity contribution in [2.45, 2.75) is 5.75 Å². The van der Waals surface area contributed by atoms with Crippen LogP contribution in [0.2, 0.25) is 5.02 Å². The van der Waals surface area contributed by atoms with E-state index in [4.69, 9.17) is 11.6 Å². The molecule has 1 aliphatic heterocycles. The fourth-order valence-corrected chi connectivity index (χ4v) is 3.94. The summed E-state index contributed by atoms with van der Waals surface area (Å²) < 4.78 is 0.786. The Balaban J connectivity index is 1.61. The van der Waals surface area contributed by atoms with E-state index in [0.29, 0.717) is 5.70 Å². The largest absolute Gasteiger partial charge is 0.279 e. The molecule has 3 rings (SSSR count). The average molecular weight is 372 g/mol. The van der Waals surface area contributed by atoms with Crippen molar-refractivity contribution in [1.82, 2.24) is 0 Å². The lowest BCUT2D eigenvalue weighted by Gasteiger charge is -1.99. The summed E-state index contributed by atoms with van der Waals surface area (Å²) in [6.07, 6.45) is 5.58. The Bertz CT molecular complexity index is 811. The second-order valence-electron chi connectivity index (χ2n) is 5.00. The molecule has 2 nitrogen and oxygen atoms in total. The monoisotopic (exact) mass is 371 g/mol. The fourth-order valence-electron chi connectivity index (χ4n) is 2.01. The summed E-state index contributed by atoms with van der Waals surface area (Å²) in [7, 11) is 0. The fraction of sp³-hybridized carbons (Fsp3) is 0.0526. The minimum Gasteiger partial charge on any atom is -0.279 e. The van der Waals surface area contributed by atoms with E-state index in [-0.39, 0.29) is 5.12 Å². The highest BCUT2D eigenvalue weighted by atomic mass is 35.5. The predicted octanol–water partition coefficient (Wildman–Crippen LogP) is 5.80. The van der Waals surface area contributed by atoms with Crippen LogP contribution in [0.25, 0.3) is 6.08 Å². The summed E-state index contributed by atoms with van der Waals surface area (Å²) in [6, 6.07) is 17.7. The van der Waals surface area contributed by atoms with Crippen LogP contribution in [-0.4, -0.2) is 9.49 Å². The second-order valence-corrected chi connectivity index (χ2v) is 7.62. The van der Waals surface area contributed by atoms with Gasteiger partial charge in [-0.25, -0.2) is 4.99 Å². The molecule has 0 spiro atoms. The van der Waals surface area contributed by atoms with Crippen LogP contribution in [0.4, 0.5) is 0 Å². The number of halogens is 1. The van der Waals surface area contributed by atoms with Gasteiger partial charge in [0.25, 0.3) is 0 Å². The third-order valence-electron chi connectivity index (χ3n) is 3.22. The van der Waals surface area contributed by atoms with Crippen LogP contribution in [0, 0.1) is 0 Å². The highest BCUT2D eigenvalue weighted by Crippen LogP contribution is 2.31. The molecule has 0 saturated carbocycles. The molecule has 5 heteroatoms. The second kappa shape index (κ2) is 8.38. The lowest BCUT2D eigenvalue weighted by atomic mass is 10.2. The van der Waals surface area contributed by atoms with Gasteiger partial charge >= 0.3 is 0 Å². The standard InChI is InChI=1S/C19H14ClNOS2/c20-16-11-9-15(10-12-16)13-23-19-21-17(18(22)24-19)8-4-7-14-5-2-1-3-6-14/h1-12H,13H2. The molecule has 0 amide bonds. The zero-order chi connectivity index (χ0) is 16.8. The van der Waals surface area contributed by atoms with Crippen molar-refractivity contribution in [2.75, 3.05) is 0 Å². The molecule has 2 aromatic carbocycles. The van der Waals surface area contributed by atoms with E-state index in [1.807, 2.05) is 66.7 Å². The highest BCUT2D eigenvalue weighted by molar-refractivity contribution is 8.45. The Kier molecular flexibility index (Phi) is 5.96. The molecular formula is C19H14ClNOS2. The highest BCUT2D eigenvalue weighted by Gasteiger charge is 2.21. The molecule has 0 aromatic heterocycles. The van der Waals surface area contributed by atoms with Crippen molar-refractivity contribution in [3.8, 4) is 0 Å². The van der Waals surface area contributed by atoms with Gasteiger partial charge in [-0.3, -0.25) is 4.79 Å². The van der Waals surface area contributed by atoms with Crippen molar-refractivity contribution in [2.24, 2.45) is 4.99 Å². The molecule has 1 aliphatic rings. The zero-order valence-corrected chi connectivity index (χ0v) is 15.1. The SMILES string of the molecule is O=C1SC(SCc2ccc(Cl)cc2)=NC1=CC=Cc1ccccc1. The molecule has 0 bridgehead atoms. The number of hydrogen-bond acceptors (Lipinski definition) is 4. The van der Waals surface area contributed by atoms with E-state index < -0.39 is 0 Å². The number of thioether (sulfide) groups is 2. The number of nitrogens with zero attached hydrogens (tertiary/aromatic N) is 1. The number of allylic oxidation sites excluding steroid dienone is 2. The molecule has 0 radical (unpaired) electrons. The van der Waals surface area contributed by atoms with Crippen LogP contribution >= 0.6 is 35.1 Å². The van der Waals surface area contributed by atoms with Gasteiger partial charge in [-0.1, -0.05) is 78.0 Å². The molecule has 120 valence electrons. The van der Waals surface area contributed by atoms with Crippen molar-refractivity contribution in [3.63, 3.8) is 0 Å². The summed E-state index contributed by atoms with van der Waals surface area (Å²) in [4.78, 5) is 16.4. The molecule has 0 N–H and O–H groups in total. The number of aliphatic imine (C=N–C) groups is 1. The molecule has 2 aromatic rings. The third-order valence-corrected chi connectivity index (χ3v) is 5.55. The van der Waals surface area contributed by atoms with E-state index in [2.05, 4.69) is 4.99 Å². The summed E-state index contributed by atoms with van der Waals surface area (Å²) in [6.45, 7) is 0. The number of carbonyl (C=O) groups excluding carboxylic acids is 1. The van der Waals surface area contributed by atoms with Crippen LogP contribution in [0.15, 0.2) is 77.4 Å². The van der Waals surface area contributed by atoms with Gasteiger partial charge in [0.15, 0.2) is 0 Å². The smallest absolute Gasteiger partial charge is 0.244 e. The lowest BCUT2D eigenvalue weighted by Crippen LogP contribution is -1.87. The molecule has 0 aliphatic carbocycles. The Morgan fingerprint density at radius 2 is 1.83 bits per heavy atom. The summed E-state index contributed by atoms with van der Waals surface area (Å²) >= 11 is 8.63. The number of hydrogen-bond donors (Lipinski definition) is 0. The van der Waals surface area contributed by atoms with Gasteiger partial charge in [-0.2, -0.15) is 0 Å². The molecule has 24 heavy (non-hydrogen) atoms. The normalized spacial score (nSPS) is 16.1. The minimum atomic E-state index is -0.00804. The number of benzene rings is 2. The maximum Gasteiger partial charge on any atom is 0.244 e. The summed E-state index contributed by atoms with van der Waals surface area (Å²) in [5.41, 5.74) is 2.74. The van der Waals surface area contributed by atoms with Gasteiger partial charge in [0.05, 0.1) is 0 Å². The van der Waals surface area contributed by atoms with Gasteiger partial charge < -0.3 is 0 Å². The van der Waals surface area contributed by atoms with Crippen LogP contribution in [-0.2, 0) is 10.5 Å². The number of rotatable bonds is 4. The molecule has 0 atom stereocenters. The first-order chi connectivity index (χ1) is 11.7. The third kappa shape index (κ3) is 4.87. The first kappa shape index (κ1) is 17.1. The molecular weight excluding hydrogens is 358 g/mol. The van der Waals surface area contributed by atoms with Gasteiger partial charge in [0.1, 0.15) is 10.1 Å². The predicted molar refractivity (Wildman–Crippen MR) is 106 cm³/mol. The maximum absolute atomic E-state index is 12.0. The average Bonchev–Trinajstić information content (AvgIpc) is 2.95. The van der Waals surface area contributed by atoms with E-state index in [0.717, 1.165) is 26.3 Å². The number of carbonyl (C=O) groups is 1. The van der Waals surface area contributed by atoms with E-state index in [9.17, 15) is 4.79 Å². The van der Waals surface area contributed by atoms with Crippen molar-refractivity contribution < 1.29 is 4.79 Å². The van der Waals surface area contributed by atoms with Crippen molar-refractivity contribution in [3.05, 3.63) is 88.6 Å². The lowest BCUT2D eigenvalue weighted by molar-refractivity contribution is -0.107. The van der Waals surface area contributed by atoms with Gasteiger partial charge in [0, 0.05) is 10.8 Å². The zero-order valence-electron chi connectivity index (χ0n) is 12.7. The topological polar surface area (TPSA) is 29.4 Å². The Morgan fingerprint density at radius 1 is 1.08 bits per heavy atom. The van der Waals surface area contributed by atoms with Crippen molar-refractivity contribution in [1.29, 1.82) is 0 Å². The summed E-state index contributed by atoms with van der Waals surface area (Å²) in [5.74, 6) is 0.767. The van der Waals surface area contributed by atoms with Crippen molar-refractivity contribution >= 4 is 50.7 Å². The first-order valence-electron chi connectivity index (χ1n) is 7.32. The minimum absolute atomic E-state index is 0.00804. The van der Waals surface area contributed by atoms with Gasteiger partial charge in [-0.15, -0.1) is 0 Å². The Labute approximate surface area is 154 Å². The molecule has 0 unspecified atom stereocenters. The quantitative estimate of drug-likeness (QED) is 0.636. The molecule has 0 fully saturated rings. The maximum atomic E-state index is 12.0. The van der Waals surface area contributed by atoms with Crippen LogP contribution in [0.3, 0.4) is 0 Å². The molecule has 0 saturated heterocycles. The Hall–Kier alpha value is -1.75. The van der Waals surface area contributed by atoms with Gasteiger partial charge in [-0.05, 0) is 41.1 Å². The first-order valence-corrected chi connectivity index (χ1v) is 9.50. The van der Waals surface area contributed by atoms with E-state index in [1.54, 1.807) is 17.8 Å². The van der Waals surface area contributed by atoms with Crippen LogP contribution < -0.4 is 0 Å². The van der Waals surface area contributed by atoms with Gasteiger partial charge in [0.2, 0.25) is 5.12 Å².